The molecular weight excluding hydrogens is 525 g/mol. The lowest BCUT2D eigenvalue weighted by Gasteiger charge is -2.15. The molecule has 40 heavy (non-hydrogen) atoms. The highest BCUT2D eigenvalue weighted by Crippen LogP contribution is 2.35. The number of alkyl halides is 3. The first-order chi connectivity index (χ1) is 19.0. The van der Waals surface area contributed by atoms with Crippen LogP contribution in [0, 0.1) is 6.92 Å². The number of amides is 2. The summed E-state index contributed by atoms with van der Waals surface area (Å²) in [5, 5.41) is 5.79. The van der Waals surface area contributed by atoms with E-state index < -0.39 is 17.8 Å². The number of methoxy groups -OCH3 is 1. The van der Waals surface area contributed by atoms with E-state index in [4.69, 9.17) is 14.2 Å². The van der Waals surface area contributed by atoms with Crippen molar-refractivity contribution in [3.63, 3.8) is 0 Å². The molecule has 0 fully saturated rings. The second kappa shape index (κ2) is 12.1. The largest absolute Gasteiger partial charge is 0.493 e. The highest BCUT2D eigenvalue weighted by Gasteiger charge is 2.30. The Morgan fingerprint density at radius 3 is 2.30 bits per heavy atom. The van der Waals surface area contributed by atoms with Gasteiger partial charge >= 0.3 is 12.2 Å². The van der Waals surface area contributed by atoms with Gasteiger partial charge in [-0.05, 0) is 75.6 Å². The topological polar surface area (TPSA) is 85.0 Å². The fourth-order valence-corrected chi connectivity index (χ4v) is 3.77. The quantitative estimate of drug-likeness (QED) is 0.233. The molecule has 2 N–H and O–H groups in total. The number of anilines is 2. The molecule has 0 aliphatic heterocycles. The Balaban J connectivity index is 1.43. The van der Waals surface area contributed by atoms with Crippen LogP contribution in [0.5, 0.6) is 23.0 Å². The van der Waals surface area contributed by atoms with Crippen molar-refractivity contribution in [3.8, 4) is 23.0 Å². The lowest BCUT2D eigenvalue weighted by atomic mass is 10.1. The molecule has 2 amide bonds. The molecule has 0 saturated heterocycles. The molecule has 0 saturated carbocycles. The Morgan fingerprint density at radius 2 is 1.62 bits per heavy atom. The summed E-state index contributed by atoms with van der Waals surface area (Å²) in [5.74, 6) is 2.24. The fraction of sp³-hybridized carbons (Fsp3) is 0.241. The van der Waals surface area contributed by atoms with Gasteiger partial charge in [-0.3, -0.25) is 0 Å². The van der Waals surface area contributed by atoms with Crippen LogP contribution in [-0.2, 0) is 6.18 Å². The molecule has 0 atom stereocenters. The average Bonchev–Trinajstić information content (AvgIpc) is 2.89. The number of aromatic nitrogens is 1. The van der Waals surface area contributed by atoms with E-state index in [-0.39, 0.29) is 5.69 Å². The Labute approximate surface area is 229 Å². The van der Waals surface area contributed by atoms with Gasteiger partial charge in [-0.15, -0.1) is 0 Å². The number of ether oxygens (including phenoxy) is 3. The van der Waals surface area contributed by atoms with Crippen molar-refractivity contribution >= 4 is 28.3 Å². The third kappa shape index (κ3) is 7.32. The molecule has 11 heteroatoms. The zero-order chi connectivity index (χ0) is 28.9. The number of fused-ring (bicyclic) bond motifs is 1. The minimum Gasteiger partial charge on any atom is -0.493 e. The van der Waals surface area contributed by atoms with Crippen molar-refractivity contribution in [2.45, 2.75) is 13.1 Å². The molecule has 3 aromatic carbocycles. The number of hydrogen-bond acceptors (Lipinski definition) is 6. The molecule has 4 aromatic rings. The summed E-state index contributed by atoms with van der Waals surface area (Å²) >= 11 is 0. The van der Waals surface area contributed by atoms with E-state index in [1.54, 1.807) is 31.4 Å². The van der Waals surface area contributed by atoms with E-state index in [1.165, 1.54) is 12.1 Å². The van der Waals surface area contributed by atoms with E-state index in [1.807, 2.05) is 44.1 Å². The Hall–Kier alpha value is -4.51. The molecule has 0 unspecified atom stereocenters. The zero-order valence-corrected chi connectivity index (χ0v) is 22.4. The van der Waals surface area contributed by atoms with Gasteiger partial charge in [0.2, 0.25) is 0 Å². The molecule has 210 valence electrons. The van der Waals surface area contributed by atoms with Gasteiger partial charge in [0.25, 0.3) is 0 Å². The minimum atomic E-state index is -4.50. The van der Waals surface area contributed by atoms with Crippen LogP contribution in [0.2, 0.25) is 0 Å². The molecule has 0 radical (unpaired) electrons. The number of pyridine rings is 1. The number of likely N-dealkylation sites (N-methyl/N-ethyl adjacent to an activating group) is 1. The monoisotopic (exact) mass is 554 g/mol. The van der Waals surface area contributed by atoms with Crippen LogP contribution in [0.25, 0.3) is 10.9 Å². The van der Waals surface area contributed by atoms with Crippen molar-refractivity contribution in [2.24, 2.45) is 0 Å². The van der Waals surface area contributed by atoms with Crippen LogP contribution in [0.4, 0.5) is 29.3 Å². The lowest BCUT2D eigenvalue weighted by Crippen LogP contribution is -2.19. The second-order valence-electron chi connectivity index (χ2n) is 9.20. The van der Waals surface area contributed by atoms with Crippen molar-refractivity contribution in [3.05, 3.63) is 78.0 Å². The predicted octanol–water partition coefficient (Wildman–Crippen LogP) is 6.95. The smallest absolute Gasteiger partial charge is 0.416 e. The number of aryl methyl sites for hydroxylation is 1. The average molecular weight is 555 g/mol. The molecular formula is C29H29F3N4O4. The van der Waals surface area contributed by atoms with Crippen molar-refractivity contribution < 1.29 is 32.2 Å². The van der Waals surface area contributed by atoms with Crippen molar-refractivity contribution in [2.75, 3.05) is 45.0 Å². The molecule has 0 aliphatic rings. The number of hydrogen-bond donors (Lipinski definition) is 2. The van der Waals surface area contributed by atoms with Gasteiger partial charge in [-0.25, -0.2) is 9.78 Å². The molecule has 1 heterocycles. The molecule has 1 aromatic heterocycles. The Bertz CT molecular complexity index is 1490. The lowest BCUT2D eigenvalue weighted by molar-refractivity contribution is -0.137. The van der Waals surface area contributed by atoms with Crippen LogP contribution in [0.1, 0.15) is 11.3 Å². The van der Waals surface area contributed by atoms with E-state index in [2.05, 4.69) is 15.6 Å². The van der Waals surface area contributed by atoms with Gasteiger partial charge in [0.15, 0.2) is 11.5 Å². The third-order valence-corrected chi connectivity index (χ3v) is 5.83. The number of carbonyl (C=O) groups excluding carboxylic acids is 1. The molecule has 8 nitrogen and oxygen atoms in total. The SMILES string of the molecule is COc1cc2cc(Oc3ccc(NC(=O)Nc4cccc(C(F)(F)F)c4)cc3)c(C)nc2cc1OCCN(C)C. The third-order valence-electron chi connectivity index (χ3n) is 5.83. The van der Waals surface area contributed by atoms with Crippen molar-refractivity contribution in [1.82, 2.24) is 9.88 Å². The van der Waals surface area contributed by atoms with Gasteiger partial charge in [-0.1, -0.05) is 6.07 Å². The summed E-state index contributed by atoms with van der Waals surface area (Å²) in [6.07, 6.45) is -4.50. The summed E-state index contributed by atoms with van der Waals surface area (Å²) in [5.41, 5.74) is 1.00. The minimum absolute atomic E-state index is 0.0236. The van der Waals surface area contributed by atoms with E-state index in [0.717, 1.165) is 29.6 Å². The highest BCUT2D eigenvalue weighted by atomic mass is 19.4. The summed E-state index contributed by atoms with van der Waals surface area (Å²) in [6, 6.07) is 15.8. The number of urea groups is 1. The van der Waals surface area contributed by atoms with E-state index in [9.17, 15) is 18.0 Å². The molecule has 0 aliphatic carbocycles. The number of halogens is 3. The Morgan fingerprint density at radius 1 is 0.925 bits per heavy atom. The second-order valence-corrected chi connectivity index (χ2v) is 9.20. The van der Waals surface area contributed by atoms with Crippen LogP contribution in [0.15, 0.2) is 66.7 Å². The summed E-state index contributed by atoms with van der Waals surface area (Å²) in [7, 11) is 5.52. The number of rotatable bonds is 9. The van der Waals surface area contributed by atoms with Gasteiger partial charge in [-0.2, -0.15) is 13.2 Å². The predicted molar refractivity (Wildman–Crippen MR) is 148 cm³/mol. The normalized spacial score (nSPS) is 11.4. The maximum atomic E-state index is 12.9. The number of nitrogens with zero attached hydrogens (tertiary/aromatic N) is 2. The van der Waals surface area contributed by atoms with E-state index in [0.29, 0.717) is 41.0 Å². The maximum absolute atomic E-state index is 12.9. The van der Waals surface area contributed by atoms with E-state index >= 15 is 0 Å². The zero-order valence-electron chi connectivity index (χ0n) is 22.4. The first-order valence-electron chi connectivity index (χ1n) is 12.3. The number of carbonyl (C=O) groups is 1. The molecule has 0 bridgehead atoms. The maximum Gasteiger partial charge on any atom is 0.416 e. The van der Waals surface area contributed by atoms with Crippen LogP contribution >= 0.6 is 0 Å². The highest BCUT2D eigenvalue weighted by molar-refractivity contribution is 5.99. The first-order valence-corrected chi connectivity index (χ1v) is 12.3. The first kappa shape index (κ1) is 28.5. The standard InChI is InChI=1S/C29H29F3N4O4/c1-18-25(14-19-15-26(38-4)27(17-24(19)33-18)39-13-12-36(2)3)40-23-10-8-21(9-11-23)34-28(37)35-22-7-5-6-20(16-22)29(30,31)32/h5-11,14-17H,12-13H2,1-4H3,(H2,34,35,37). The summed E-state index contributed by atoms with van der Waals surface area (Å²) in [4.78, 5) is 19.0. The number of nitrogens with one attached hydrogen (secondary N) is 2. The summed E-state index contributed by atoms with van der Waals surface area (Å²) in [6.45, 7) is 3.10. The van der Waals surface area contributed by atoms with Gasteiger partial charge < -0.3 is 29.7 Å². The molecule has 0 spiro atoms. The molecule has 4 rings (SSSR count). The van der Waals surface area contributed by atoms with Crippen LogP contribution < -0.4 is 24.8 Å². The van der Waals surface area contributed by atoms with Crippen LogP contribution in [0.3, 0.4) is 0 Å². The number of benzene rings is 3. The summed E-state index contributed by atoms with van der Waals surface area (Å²) < 4.78 is 56.1. The fourth-order valence-electron chi connectivity index (χ4n) is 3.77. The van der Waals surface area contributed by atoms with Crippen LogP contribution in [-0.4, -0.2) is 50.3 Å². The van der Waals surface area contributed by atoms with Gasteiger partial charge in [0.1, 0.15) is 18.1 Å². The van der Waals surface area contributed by atoms with Gasteiger partial charge in [0, 0.05) is 29.4 Å². The van der Waals surface area contributed by atoms with Gasteiger partial charge in [0.05, 0.1) is 23.9 Å². The van der Waals surface area contributed by atoms with Crippen molar-refractivity contribution in [1.29, 1.82) is 0 Å². The Kier molecular flexibility index (Phi) is 8.64.